The van der Waals surface area contributed by atoms with Crippen molar-refractivity contribution in [2.75, 3.05) is 19.8 Å². The molecule has 0 unspecified atom stereocenters. The monoisotopic (exact) mass is 572 g/mol. The number of ether oxygens (including phenoxy) is 3. The Morgan fingerprint density at radius 1 is 0.810 bits per heavy atom. The highest BCUT2D eigenvalue weighted by molar-refractivity contribution is 5.88. The van der Waals surface area contributed by atoms with Gasteiger partial charge in [-0.25, -0.2) is 4.79 Å². The van der Waals surface area contributed by atoms with E-state index in [9.17, 15) is 14.4 Å². The zero-order chi connectivity index (χ0) is 29.6. The minimum atomic E-state index is -0.697. The van der Waals surface area contributed by atoms with Gasteiger partial charge in [0.2, 0.25) is 5.91 Å². The van der Waals surface area contributed by atoms with Gasteiger partial charge >= 0.3 is 11.9 Å². The van der Waals surface area contributed by atoms with Crippen molar-refractivity contribution in [3.05, 3.63) is 108 Å². The Morgan fingerprint density at radius 3 is 2.05 bits per heavy atom. The summed E-state index contributed by atoms with van der Waals surface area (Å²) in [6.07, 6.45) is 2.35. The van der Waals surface area contributed by atoms with Gasteiger partial charge in [-0.3, -0.25) is 14.9 Å². The quantitative estimate of drug-likeness (QED) is 0.212. The summed E-state index contributed by atoms with van der Waals surface area (Å²) in [4.78, 5) is 41.1. The maximum absolute atomic E-state index is 13.5. The normalized spacial score (nSPS) is 16.0. The lowest BCUT2D eigenvalue weighted by atomic mass is 10.0. The highest BCUT2D eigenvalue weighted by Gasteiger charge is 2.38. The highest BCUT2D eigenvalue weighted by Crippen LogP contribution is 2.20. The van der Waals surface area contributed by atoms with Gasteiger partial charge < -0.3 is 19.1 Å². The van der Waals surface area contributed by atoms with Crippen molar-refractivity contribution in [3.8, 4) is 0 Å². The van der Waals surface area contributed by atoms with E-state index in [1.54, 1.807) is 11.8 Å². The minimum absolute atomic E-state index is 0.118. The molecule has 42 heavy (non-hydrogen) atoms. The van der Waals surface area contributed by atoms with Gasteiger partial charge in [-0.1, -0.05) is 91.0 Å². The number of hydrogen-bond donors (Lipinski definition) is 1. The van der Waals surface area contributed by atoms with Gasteiger partial charge in [0.15, 0.2) is 0 Å². The zero-order valence-corrected chi connectivity index (χ0v) is 24.2. The van der Waals surface area contributed by atoms with Crippen molar-refractivity contribution >= 4 is 17.8 Å². The molecule has 0 bridgehead atoms. The molecule has 3 atom stereocenters. The Labute approximate surface area is 248 Å². The third-order valence-corrected chi connectivity index (χ3v) is 7.29. The molecule has 0 radical (unpaired) electrons. The topological polar surface area (TPSA) is 94.2 Å². The van der Waals surface area contributed by atoms with Crippen LogP contribution in [0.4, 0.5) is 0 Å². The number of benzene rings is 3. The van der Waals surface area contributed by atoms with Gasteiger partial charge in [-0.15, -0.1) is 0 Å². The standard InChI is InChI=1S/C34H40N2O6/c1-26(32(37)36-21-11-18-31(36)34(39)41-23-22-40-24-28-14-7-3-8-15-28)35-30(20-19-27-12-5-2-6-13-27)33(38)42-25-29-16-9-4-10-17-29/h2-10,12-17,26,30-31,35H,11,18-25H2,1H3/t26-,30-,31-/m0/s1. The number of rotatable bonds is 15. The van der Waals surface area contributed by atoms with Crippen molar-refractivity contribution in [1.82, 2.24) is 10.2 Å². The Balaban J connectivity index is 1.29. The summed E-state index contributed by atoms with van der Waals surface area (Å²) >= 11 is 0. The minimum Gasteiger partial charge on any atom is -0.462 e. The van der Waals surface area contributed by atoms with Gasteiger partial charge in [-0.2, -0.15) is 0 Å². The summed E-state index contributed by atoms with van der Waals surface area (Å²) in [6.45, 7) is 3.17. The van der Waals surface area contributed by atoms with Crippen LogP contribution in [0.5, 0.6) is 0 Å². The Kier molecular flexibility index (Phi) is 12.1. The summed E-state index contributed by atoms with van der Waals surface area (Å²) in [5, 5.41) is 3.20. The lowest BCUT2D eigenvalue weighted by Gasteiger charge is -2.28. The fraction of sp³-hybridized carbons (Fsp3) is 0.382. The zero-order valence-electron chi connectivity index (χ0n) is 24.2. The SMILES string of the molecule is C[C@H](N[C@@H](CCc1ccccc1)C(=O)OCc1ccccc1)C(=O)N1CCC[C@H]1C(=O)OCCOCc1ccccc1. The van der Waals surface area contributed by atoms with Crippen LogP contribution in [0.25, 0.3) is 0 Å². The van der Waals surface area contributed by atoms with E-state index in [1.165, 1.54) is 0 Å². The third-order valence-electron chi connectivity index (χ3n) is 7.29. The Morgan fingerprint density at radius 2 is 1.40 bits per heavy atom. The first-order chi connectivity index (χ1) is 20.5. The number of likely N-dealkylation sites (tertiary alicyclic amines) is 1. The average Bonchev–Trinajstić information content (AvgIpc) is 3.53. The van der Waals surface area contributed by atoms with E-state index in [1.807, 2.05) is 91.0 Å². The van der Waals surface area contributed by atoms with Crippen LogP contribution in [-0.4, -0.2) is 60.6 Å². The molecular weight excluding hydrogens is 532 g/mol. The largest absolute Gasteiger partial charge is 0.462 e. The van der Waals surface area contributed by atoms with Crippen LogP contribution in [0.15, 0.2) is 91.0 Å². The lowest BCUT2D eigenvalue weighted by molar-refractivity contribution is -0.155. The van der Waals surface area contributed by atoms with E-state index in [4.69, 9.17) is 14.2 Å². The van der Waals surface area contributed by atoms with Crippen LogP contribution >= 0.6 is 0 Å². The fourth-order valence-electron chi connectivity index (χ4n) is 5.01. The molecule has 8 heteroatoms. The number of hydrogen-bond acceptors (Lipinski definition) is 7. The second kappa shape index (κ2) is 16.4. The molecular formula is C34H40N2O6. The van der Waals surface area contributed by atoms with Crippen molar-refractivity contribution in [3.63, 3.8) is 0 Å². The second-order valence-electron chi connectivity index (χ2n) is 10.5. The lowest BCUT2D eigenvalue weighted by Crippen LogP contribution is -2.53. The molecule has 4 rings (SSSR count). The third kappa shape index (κ3) is 9.53. The van der Waals surface area contributed by atoms with Gasteiger partial charge in [-0.05, 0) is 49.3 Å². The van der Waals surface area contributed by atoms with E-state index in [-0.39, 0.29) is 25.7 Å². The number of aryl methyl sites for hydroxylation is 1. The summed E-state index contributed by atoms with van der Waals surface area (Å²) < 4.78 is 16.7. The van der Waals surface area contributed by atoms with Crippen LogP contribution in [0.1, 0.15) is 42.9 Å². The number of esters is 2. The van der Waals surface area contributed by atoms with E-state index in [0.29, 0.717) is 38.8 Å². The number of nitrogens with one attached hydrogen (secondary N) is 1. The number of carbonyl (C=O) groups is 3. The van der Waals surface area contributed by atoms with Crippen molar-refractivity contribution in [1.29, 1.82) is 0 Å². The molecule has 1 heterocycles. The van der Waals surface area contributed by atoms with Crippen LogP contribution in [0.3, 0.4) is 0 Å². The predicted octanol–water partition coefficient (Wildman–Crippen LogP) is 4.46. The summed E-state index contributed by atoms with van der Waals surface area (Å²) in [7, 11) is 0. The first-order valence-corrected chi connectivity index (χ1v) is 14.6. The molecule has 3 aromatic carbocycles. The molecule has 1 fully saturated rings. The summed E-state index contributed by atoms with van der Waals surface area (Å²) in [5.74, 6) is -1.09. The molecule has 8 nitrogen and oxygen atoms in total. The van der Waals surface area contributed by atoms with Crippen LogP contribution < -0.4 is 5.32 Å². The van der Waals surface area contributed by atoms with Gasteiger partial charge in [0.1, 0.15) is 25.3 Å². The Hall–Kier alpha value is -4.01. The first kappa shape index (κ1) is 30.9. The molecule has 0 aliphatic carbocycles. The molecule has 222 valence electrons. The summed E-state index contributed by atoms with van der Waals surface area (Å²) in [5.41, 5.74) is 3.03. The highest BCUT2D eigenvalue weighted by atomic mass is 16.6. The van der Waals surface area contributed by atoms with Crippen LogP contribution in [-0.2, 0) is 48.2 Å². The molecule has 0 spiro atoms. The second-order valence-corrected chi connectivity index (χ2v) is 10.5. The van der Waals surface area contributed by atoms with E-state index < -0.39 is 30.1 Å². The van der Waals surface area contributed by atoms with Gasteiger partial charge in [0, 0.05) is 6.54 Å². The van der Waals surface area contributed by atoms with Crippen molar-refractivity contribution in [2.45, 2.75) is 63.9 Å². The van der Waals surface area contributed by atoms with Gasteiger partial charge in [0.05, 0.1) is 19.3 Å². The smallest absolute Gasteiger partial charge is 0.328 e. The summed E-state index contributed by atoms with van der Waals surface area (Å²) in [6, 6.07) is 27.1. The number of amides is 1. The molecule has 1 amide bonds. The molecule has 0 aromatic heterocycles. The van der Waals surface area contributed by atoms with E-state index >= 15 is 0 Å². The number of nitrogens with zero attached hydrogens (tertiary/aromatic N) is 1. The molecule has 1 aliphatic rings. The maximum Gasteiger partial charge on any atom is 0.328 e. The predicted molar refractivity (Wildman–Crippen MR) is 159 cm³/mol. The molecule has 1 saturated heterocycles. The first-order valence-electron chi connectivity index (χ1n) is 14.6. The van der Waals surface area contributed by atoms with E-state index in [2.05, 4.69) is 5.32 Å². The fourth-order valence-corrected chi connectivity index (χ4v) is 5.01. The van der Waals surface area contributed by atoms with Crippen LogP contribution in [0.2, 0.25) is 0 Å². The van der Waals surface area contributed by atoms with E-state index in [0.717, 1.165) is 16.7 Å². The van der Waals surface area contributed by atoms with Crippen molar-refractivity contribution in [2.24, 2.45) is 0 Å². The molecule has 1 aliphatic heterocycles. The maximum atomic E-state index is 13.5. The molecule has 0 saturated carbocycles. The molecule has 1 N–H and O–H groups in total. The van der Waals surface area contributed by atoms with Crippen molar-refractivity contribution < 1.29 is 28.6 Å². The number of carbonyl (C=O) groups excluding carboxylic acids is 3. The van der Waals surface area contributed by atoms with Gasteiger partial charge in [0.25, 0.3) is 0 Å². The Bertz CT molecular complexity index is 1250. The molecule has 3 aromatic rings. The average molecular weight is 573 g/mol. The van der Waals surface area contributed by atoms with Crippen LogP contribution in [0, 0.1) is 0 Å².